The van der Waals surface area contributed by atoms with Crippen LogP contribution < -0.4 is 5.32 Å². The zero-order chi connectivity index (χ0) is 34.8. The van der Waals surface area contributed by atoms with Gasteiger partial charge in [0.25, 0.3) is 0 Å². The summed E-state index contributed by atoms with van der Waals surface area (Å²) in [4.78, 5) is 28.6. The number of rotatable bonds is 8. The third-order valence-corrected chi connectivity index (χ3v) is 9.97. The number of carbonyl (C=O) groups excluding carboxylic acids is 1. The van der Waals surface area contributed by atoms with Crippen molar-refractivity contribution in [3.63, 3.8) is 0 Å². The molecule has 0 radical (unpaired) electrons. The Kier molecular flexibility index (Phi) is 10.7. The maximum atomic E-state index is 12.7. The number of fused-ring (bicyclic) bond motifs is 1. The van der Waals surface area contributed by atoms with Crippen molar-refractivity contribution in [2.75, 3.05) is 51.1 Å². The van der Waals surface area contributed by atoms with E-state index >= 15 is 0 Å². The van der Waals surface area contributed by atoms with Crippen molar-refractivity contribution in [1.82, 2.24) is 29.2 Å². The normalized spacial score (nSPS) is 23.2. The smallest absolute Gasteiger partial charge is 0.410 e. The van der Waals surface area contributed by atoms with Gasteiger partial charge in [0.05, 0.1) is 12.5 Å². The lowest BCUT2D eigenvalue weighted by atomic mass is 9.93. The molecule has 10 nitrogen and oxygen atoms in total. The lowest BCUT2D eigenvalue weighted by molar-refractivity contribution is -0.131. The molecule has 4 heterocycles. The number of hydrogen-bond acceptors (Lipinski definition) is 8. The second kappa shape index (κ2) is 14.8. The van der Waals surface area contributed by atoms with Crippen molar-refractivity contribution in [1.29, 1.82) is 0 Å². The molecule has 49 heavy (non-hydrogen) atoms. The summed E-state index contributed by atoms with van der Waals surface area (Å²) in [6.45, 7) is 11.6. The highest BCUT2D eigenvalue weighted by atomic mass is 19.4. The maximum Gasteiger partial charge on any atom is 0.410 e. The largest absolute Gasteiger partial charge is 0.444 e. The molecule has 0 spiro atoms. The summed E-state index contributed by atoms with van der Waals surface area (Å²) in [5.74, 6) is 0.179. The second-order valence-corrected chi connectivity index (χ2v) is 14.9. The fraction of sp³-hybridized carbons (Fsp3) is 0.639. The average Bonchev–Trinajstić information content (AvgIpc) is 3.43. The Morgan fingerprint density at radius 3 is 2.37 bits per heavy atom. The van der Waals surface area contributed by atoms with Gasteiger partial charge in [-0.3, -0.25) is 9.80 Å². The van der Waals surface area contributed by atoms with Gasteiger partial charge in [0.1, 0.15) is 11.2 Å². The number of piperidine rings is 1. The second-order valence-electron chi connectivity index (χ2n) is 14.9. The molecule has 1 unspecified atom stereocenters. The van der Waals surface area contributed by atoms with Crippen LogP contribution in [0.15, 0.2) is 36.7 Å². The van der Waals surface area contributed by atoms with Crippen LogP contribution in [0.1, 0.15) is 77.3 Å². The number of piperazine rings is 1. The highest BCUT2D eigenvalue weighted by Crippen LogP contribution is 2.37. The summed E-state index contributed by atoms with van der Waals surface area (Å²) in [5.41, 5.74) is 3.43. The fourth-order valence-electron chi connectivity index (χ4n) is 7.36. The Bertz CT molecular complexity index is 1560. The van der Waals surface area contributed by atoms with E-state index in [0.29, 0.717) is 24.5 Å². The minimum absolute atomic E-state index is 0.143. The van der Waals surface area contributed by atoms with Gasteiger partial charge in [-0.25, -0.2) is 9.78 Å². The number of nitrogens with zero attached hydrogens (tertiary/aromatic N) is 6. The molecule has 1 aliphatic carbocycles. The van der Waals surface area contributed by atoms with Crippen molar-refractivity contribution in [3.05, 3.63) is 42.2 Å². The van der Waals surface area contributed by atoms with Gasteiger partial charge < -0.3 is 24.6 Å². The van der Waals surface area contributed by atoms with E-state index in [1.54, 1.807) is 6.20 Å². The van der Waals surface area contributed by atoms with Gasteiger partial charge in [0, 0.05) is 87.8 Å². The minimum atomic E-state index is -4.25. The first-order chi connectivity index (χ1) is 23.3. The van der Waals surface area contributed by atoms with Crippen LogP contribution in [0.3, 0.4) is 0 Å². The Morgan fingerprint density at radius 2 is 1.69 bits per heavy atom. The van der Waals surface area contributed by atoms with Gasteiger partial charge in [0.2, 0.25) is 5.95 Å². The predicted octanol–water partition coefficient (Wildman–Crippen LogP) is 6.46. The summed E-state index contributed by atoms with van der Waals surface area (Å²) in [5, 5.41) is 13.7. The standard InChI is InChI=1S/C36H50F3N7O3/c1-35(2,3)49-34(48)45-16-4-5-28(23-45)44-19-17-43(18-20-44)22-25-6-8-26(9-7-25)31-24-46(27-10-12-29(47)13-11-27)32-30(31)21-41-33(42-32)40-15-14-36(37,38)39/h6-9,21,24,27-29,47H,4-5,10-20,22-23H2,1-3H3,(H,40,41,42). The Hall–Kier alpha value is -3.42. The van der Waals surface area contributed by atoms with Gasteiger partial charge in [0.15, 0.2) is 0 Å². The van der Waals surface area contributed by atoms with Gasteiger partial charge in [-0.05, 0) is 70.4 Å². The fourth-order valence-corrected chi connectivity index (χ4v) is 7.36. The molecule has 2 aromatic heterocycles. The monoisotopic (exact) mass is 685 g/mol. The van der Waals surface area contributed by atoms with E-state index in [2.05, 4.69) is 60.1 Å². The van der Waals surface area contributed by atoms with Crippen LogP contribution >= 0.6 is 0 Å². The van der Waals surface area contributed by atoms with Crippen molar-refractivity contribution >= 4 is 23.1 Å². The number of anilines is 1. The number of likely N-dealkylation sites (tertiary alicyclic amines) is 1. The van der Waals surface area contributed by atoms with Crippen molar-refractivity contribution in [2.45, 2.75) is 102 Å². The third-order valence-electron chi connectivity index (χ3n) is 9.97. The highest BCUT2D eigenvalue weighted by Gasteiger charge is 2.32. The number of aliphatic hydroxyl groups excluding tert-OH is 1. The Labute approximate surface area is 286 Å². The van der Waals surface area contributed by atoms with Crippen LogP contribution in [0, 0.1) is 0 Å². The summed E-state index contributed by atoms with van der Waals surface area (Å²) < 4.78 is 46.0. The van der Waals surface area contributed by atoms with E-state index in [0.717, 1.165) is 88.0 Å². The molecule has 1 atom stereocenters. The lowest BCUT2D eigenvalue weighted by Gasteiger charge is -2.43. The molecule has 13 heteroatoms. The molecule has 1 saturated carbocycles. The molecule has 6 rings (SSSR count). The molecule has 2 saturated heterocycles. The number of halogens is 3. The molecule has 2 aliphatic heterocycles. The molecule has 1 aromatic carbocycles. The molecular formula is C36H50F3N7O3. The molecule has 3 aromatic rings. The SMILES string of the molecule is CC(C)(C)OC(=O)N1CCCC(N2CCN(Cc3ccc(-c4cn(C5CCC(O)CC5)c5nc(NCCC(F)(F)F)ncc45)cc3)CC2)C1. The highest BCUT2D eigenvalue weighted by molar-refractivity contribution is 5.94. The quantitative estimate of drug-likeness (QED) is 0.279. The van der Waals surface area contributed by atoms with Gasteiger partial charge >= 0.3 is 12.3 Å². The summed E-state index contributed by atoms with van der Waals surface area (Å²) >= 11 is 0. The maximum absolute atomic E-state index is 12.7. The zero-order valence-electron chi connectivity index (χ0n) is 28.9. The number of hydrogen-bond donors (Lipinski definition) is 2. The molecule has 3 aliphatic rings. The lowest BCUT2D eigenvalue weighted by Crippen LogP contribution is -2.56. The van der Waals surface area contributed by atoms with E-state index in [9.17, 15) is 23.1 Å². The first-order valence-electron chi connectivity index (χ1n) is 17.7. The first kappa shape index (κ1) is 35.4. The van der Waals surface area contributed by atoms with Crippen LogP contribution in [0.25, 0.3) is 22.2 Å². The molecule has 0 bridgehead atoms. The Morgan fingerprint density at radius 1 is 0.980 bits per heavy atom. The Balaban J connectivity index is 1.09. The molecular weight excluding hydrogens is 635 g/mol. The summed E-state index contributed by atoms with van der Waals surface area (Å²) in [7, 11) is 0. The van der Waals surface area contributed by atoms with Crippen LogP contribution in [-0.4, -0.2) is 110 Å². The molecule has 1 amide bonds. The average molecular weight is 686 g/mol. The summed E-state index contributed by atoms with van der Waals surface area (Å²) in [6.07, 6.45) is 3.17. The first-order valence-corrected chi connectivity index (χ1v) is 17.7. The van der Waals surface area contributed by atoms with Crippen molar-refractivity contribution in [3.8, 4) is 11.1 Å². The van der Waals surface area contributed by atoms with Crippen LogP contribution in [-0.2, 0) is 11.3 Å². The minimum Gasteiger partial charge on any atom is -0.444 e. The number of alkyl halides is 3. The van der Waals surface area contributed by atoms with E-state index in [4.69, 9.17) is 4.74 Å². The van der Waals surface area contributed by atoms with Crippen LogP contribution in [0.4, 0.5) is 23.9 Å². The molecule has 2 N–H and O–H groups in total. The third kappa shape index (κ3) is 9.23. The van der Waals surface area contributed by atoms with Crippen molar-refractivity contribution < 1.29 is 27.8 Å². The number of benzene rings is 1. The number of aromatic nitrogens is 3. The topological polar surface area (TPSA) is 99.0 Å². The number of aliphatic hydroxyl groups is 1. The van der Waals surface area contributed by atoms with Gasteiger partial charge in [-0.15, -0.1) is 0 Å². The van der Waals surface area contributed by atoms with Crippen LogP contribution in [0.2, 0.25) is 0 Å². The van der Waals surface area contributed by atoms with E-state index < -0.39 is 18.2 Å². The van der Waals surface area contributed by atoms with Gasteiger partial charge in [-0.1, -0.05) is 24.3 Å². The van der Waals surface area contributed by atoms with E-state index in [1.165, 1.54) is 5.56 Å². The molecule has 268 valence electrons. The number of amides is 1. The number of nitrogens with one attached hydrogen (secondary N) is 1. The molecule has 3 fully saturated rings. The van der Waals surface area contributed by atoms with Crippen LogP contribution in [0.5, 0.6) is 0 Å². The van der Waals surface area contributed by atoms with E-state index in [-0.39, 0.29) is 30.7 Å². The summed E-state index contributed by atoms with van der Waals surface area (Å²) in [6, 6.07) is 9.07. The number of carbonyl (C=O) groups is 1. The van der Waals surface area contributed by atoms with E-state index in [1.807, 2.05) is 25.7 Å². The zero-order valence-corrected chi connectivity index (χ0v) is 28.9. The number of ether oxygens (including phenoxy) is 1. The van der Waals surface area contributed by atoms with Crippen molar-refractivity contribution in [2.24, 2.45) is 0 Å². The van der Waals surface area contributed by atoms with Gasteiger partial charge in [-0.2, -0.15) is 18.2 Å². The predicted molar refractivity (Wildman–Crippen MR) is 183 cm³/mol.